The van der Waals surface area contributed by atoms with Crippen molar-refractivity contribution in [1.29, 1.82) is 0 Å². The Labute approximate surface area is 167 Å². The van der Waals surface area contributed by atoms with E-state index in [9.17, 15) is 4.79 Å². The van der Waals surface area contributed by atoms with Gasteiger partial charge in [0.1, 0.15) is 5.82 Å². The van der Waals surface area contributed by atoms with Crippen molar-refractivity contribution in [2.75, 3.05) is 11.1 Å². The van der Waals surface area contributed by atoms with E-state index in [1.54, 1.807) is 6.07 Å². The molecule has 3 rings (SSSR count). The molecule has 0 saturated carbocycles. The van der Waals surface area contributed by atoms with Gasteiger partial charge in [-0.05, 0) is 43.7 Å². The Morgan fingerprint density at radius 1 is 1.26 bits per heavy atom. The Morgan fingerprint density at radius 3 is 2.78 bits per heavy atom. The topological polar surface area (TPSA) is 64.7 Å². The molecule has 1 amide bonds. The van der Waals surface area contributed by atoms with Crippen LogP contribution in [0.4, 0.5) is 5.69 Å². The zero-order valence-corrected chi connectivity index (χ0v) is 17.1. The van der Waals surface area contributed by atoms with Crippen LogP contribution in [0.3, 0.4) is 0 Å². The molecule has 0 saturated heterocycles. The van der Waals surface area contributed by atoms with E-state index in [4.69, 9.17) is 11.6 Å². The predicted octanol–water partition coefficient (Wildman–Crippen LogP) is 3.92. The van der Waals surface area contributed by atoms with Gasteiger partial charge in [0.15, 0.2) is 5.16 Å². The monoisotopic (exact) mass is 403 g/mol. The van der Waals surface area contributed by atoms with Crippen molar-refractivity contribution < 1.29 is 4.79 Å². The van der Waals surface area contributed by atoms with Crippen molar-refractivity contribution >= 4 is 35.0 Å². The quantitative estimate of drug-likeness (QED) is 0.607. The second kappa shape index (κ2) is 8.63. The van der Waals surface area contributed by atoms with Crippen molar-refractivity contribution in [2.24, 2.45) is 7.05 Å². The number of benzene rings is 1. The second-order valence-electron chi connectivity index (χ2n) is 6.18. The number of amides is 1. The fourth-order valence-electron chi connectivity index (χ4n) is 2.78. The molecule has 0 radical (unpaired) electrons. The number of aryl methyl sites for hydroxylation is 1. The van der Waals surface area contributed by atoms with Crippen LogP contribution in [-0.2, 0) is 24.8 Å². The number of nitrogens with zero attached hydrogens (tertiary/aromatic N) is 4. The van der Waals surface area contributed by atoms with Crippen LogP contribution in [0, 0.1) is 6.92 Å². The highest BCUT2D eigenvalue weighted by Gasteiger charge is 2.15. The fraction of sp³-hybridized carbons (Fsp3) is 0.316. The highest BCUT2D eigenvalue weighted by molar-refractivity contribution is 7.99. The number of aromatic nitrogens is 4. The molecule has 3 aromatic rings. The lowest BCUT2D eigenvalue weighted by molar-refractivity contribution is -0.113. The summed E-state index contributed by atoms with van der Waals surface area (Å²) in [5, 5.41) is 12.9. The van der Waals surface area contributed by atoms with Gasteiger partial charge >= 0.3 is 0 Å². The predicted molar refractivity (Wildman–Crippen MR) is 109 cm³/mol. The number of carbonyl (C=O) groups is 1. The maximum atomic E-state index is 12.3. The lowest BCUT2D eigenvalue weighted by atomic mass is 10.2. The molecule has 0 aliphatic heterocycles. The number of halogens is 1. The molecule has 8 heteroatoms. The van der Waals surface area contributed by atoms with Crippen LogP contribution in [0.15, 0.2) is 41.7 Å². The average Bonchev–Trinajstić information content (AvgIpc) is 3.23. The smallest absolute Gasteiger partial charge is 0.234 e. The number of rotatable bonds is 7. The van der Waals surface area contributed by atoms with Gasteiger partial charge in [0.2, 0.25) is 5.91 Å². The molecule has 6 nitrogen and oxygen atoms in total. The summed E-state index contributed by atoms with van der Waals surface area (Å²) in [6, 6.07) is 9.55. The molecular weight excluding hydrogens is 382 g/mol. The number of hydrogen-bond donors (Lipinski definition) is 1. The Balaban J connectivity index is 1.65. The Bertz CT molecular complexity index is 949. The summed E-state index contributed by atoms with van der Waals surface area (Å²) in [5.41, 5.74) is 2.76. The summed E-state index contributed by atoms with van der Waals surface area (Å²) in [6.07, 6.45) is 2.72. The molecular formula is C19H22ClN5OS. The van der Waals surface area contributed by atoms with E-state index >= 15 is 0 Å². The summed E-state index contributed by atoms with van der Waals surface area (Å²) >= 11 is 7.49. The van der Waals surface area contributed by atoms with Gasteiger partial charge in [-0.3, -0.25) is 4.79 Å². The van der Waals surface area contributed by atoms with Crippen LogP contribution in [0.1, 0.15) is 24.0 Å². The highest BCUT2D eigenvalue weighted by Crippen LogP contribution is 2.24. The fourth-order valence-corrected chi connectivity index (χ4v) is 3.77. The van der Waals surface area contributed by atoms with Gasteiger partial charge in [-0.1, -0.05) is 29.4 Å². The Hall–Kier alpha value is -2.25. The first-order valence-corrected chi connectivity index (χ1v) is 10.1. The van der Waals surface area contributed by atoms with Gasteiger partial charge in [0, 0.05) is 42.6 Å². The number of thioether (sulfide) groups is 1. The van der Waals surface area contributed by atoms with Gasteiger partial charge in [0.25, 0.3) is 0 Å². The molecule has 0 aliphatic carbocycles. The van der Waals surface area contributed by atoms with Crippen LogP contribution >= 0.6 is 23.4 Å². The van der Waals surface area contributed by atoms with Gasteiger partial charge < -0.3 is 14.5 Å². The maximum Gasteiger partial charge on any atom is 0.234 e. The first-order valence-electron chi connectivity index (χ1n) is 8.69. The van der Waals surface area contributed by atoms with E-state index in [0.29, 0.717) is 11.4 Å². The number of carbonyl (C=O) groups excluding carboxylic acids is 1. The van der Waals surface area contributed by atoms with Crippen LogP contribution in [-0.4, -0.2) is 31.0 Å². The zero-order valence-electron chi connectivity index (χ0n) is 15.6. The summed E-state index contributed by atoms with van der Waals surface area (Å²) < 4.78 is 4.12. The summed E-state index contributed by atoms with van der Waals surface area (Å²) in [7, 11) is 2.01. The van der Waals surface area contributed by atoms with Gasteiger partial charge in [-0.15, -0.1) is 10.2 Å². The third kappa shape index (κ3) is 4.54. The molecule has 0 fully saturated rings. The van der Waals surface area contributed by atoms with Crippen molar-refractivity contribution in [2.45, 2.75) is 32.0 Å². The van der Waals surface area contributed by atoms with E-state index in [0.717, 1.165) is 28.8 Å². The third-order valence-corrected chi connectivity index (χ3v) is 5.75. The molecule has 2 aromatic heterocycles. The van der Waals surface area contributed by atoms with Crippen LogP contribution in [0.2, 0.25) is 5.02 Å². The number of anilines is 1. The first kappa shape index (κ1) is 19.5. The summed E-state index contributed by atoms with van der Waals surface area (Å²) in [5.74, 6) is 1.06. The summed E-state index contributed by atoms with van der Waals surface area (Å²) in [6.45, 7) is 4.69. The van der Waals surface area contributed by atoms with E-state index in [-0.39, 0.29) is 11.7 Å². The first-order chi connectivity index (χ1) is 13.0. The van der Waals surface area contributed by atoms with Crippen LogP contribution in [0.25, 0.3) is 0 Å². The standard InChI is InChI=1S/C19H22ClN5OS/c1-4-25-17(11-14-7-6-10-24(14)3)22-23-19(25)27-12-18(26)21-16-9-5-8-15(20)13(16)2/h5-10H,4,11-12H2,1-3H3,(H,21,26). The van der Waals surface area contributed by atoms with Crippen molar-refractivity contribution in [1.82, 2.24) is 19.3 Å². The minimum absolute atomic E-state index is 0.0972. The normalized spacial score (nSPS) is 11.0. The van der Waals surface area contributed by atoms with Crippen molar-refractivity contribution in [3.63, 3.8) is 0 Å². The Morgan fingerprint density at radius 2 is 2.07 bits per heavy atom. The highest BCUT2D eigenvalue weighted by atomic mass is 35.5. The molecule has 0 bridgehead atoms. The molecule has 0 spiro atoms. The minimum atomic E-state index is -0.0972. The molecule has 2 heterocycles. The van der Waals surface area contributed by atoms with Crippen LogP contribution < -0.4 is 5.32 Å². The molecule has 0 atom stereocenters. The molecule has 0 unspecified atom stereocenters. The SMILES string of the molecule is CCn1c(Cc2cccn2C)nnc1SCC(=O)Nc1cccc(Cl)c1C. The molecule has 1 N–H and O–H groups in total. The number of hydrogen-bond acceptors (Lipinski definition) is 4. The van der Waals surface area contributed by atoms with E-state index in [1.165, 1.54) is 17.5 Å². The molecule has 0 aliphatic rings. The van der Waals surface area contributed by atoms with Gasteiger partial charge in [-0.25, -0.2) is 0 Å². The maximum absolute atomic E-state index is 12.3. The average molecular weight is 404 g/mol. The molecule has 1 aromatic carbocycles. The lowest BCUT2D eigenvalue weighted by Crippen LogP contribution is -2.15. The van der Waals surface area contributed by atoms with Crippen molar-refractivity contribution in [3.8, 4) is 0 Å². The van der Waals surface area contributed by atoms with E-state index < -0.39 is 0 Å². The van der Waals surface area contributed by atoms with Gasteiger partial charge in [-0.2, -0.15) is 0 Å². The lowest BCUT2D eigenvalue weighted by Gasteiger charge is -2.10. The van der Waals surface area contributed by atoms with E-state index in [1.807, 2.05) is 38.4 Å². The van der Waals surface area contributed by atoms with E-state index in [2.05, 4.69) is 37.6 Å². The molecule has 27 heavy (non-hydrogen) atoms. The summed E-state index contributed by atoms with van der Waals surface area (Å²) in [4.78, 5) is 12.3. The van der Waals surface area contributed by atoms with Gasteiger partial charge in [0.05, 0.1) is 5.75 Å². The van der Waals surface area contributed by atoms with Crippen LogP contribution in [0.5, 0.6) is 0 Å². The third-order valence-electron chi connectivity index (χ3n) is 4.37. The largest absolute Gasteiger partial charge is 0.354 e. The minimum Gasteiger partial charge on any atom is -0.354 e. The number of nitrogens with one attached hydrogen (secondary N) is 1. The zero-order chi connectivity index (χ0) is 19.4. The second-order valence-corrected chi connectivity index (χ2v) is 7.53. The van der Waals surface area contributed by atoms with Crippen molar-refractivity contribution in [3.05, 3.63) is 58.6 Å². The molecule has 142 valence electrons. The Kier molecular flexibility index (Phi) is 6.23.